The van der Waals surface area contributed by atoms with Gasteiger partial charge in [0.25, 0.3) is 0 Å². The Morgan fingerprint density at radius 3 is 1.89 bits per heavy atom. The number of nitrogens with two attached hydrogens (primary N) is 2. The van der Waals surface area contributed by atoms with E-state index in [2.05, 4.69) is 46.0 Å². The molecule has 0 saturated carbocycles. The lowest BCUT2D eigenvalue weighted by molar-refractivity contribution is 0.383. The van der Waals surface area contributed by atoms with Crippen molar-refractivity contribution in [2.24, 2.45) is 5.73 Å². The second-order valence-corrected chi connectivity index (χ2v) is 17.1. The summed E-state index contributed by atoms with van der Waals surface area (Å²) in [4.78, 5) is 24.1. The van der Waals surface area contributed by atoms with Crippen LogP contribution in [-0.4, -0.2) is 118 Å². The van der Waals surface area contributed by atoms with Gasteiger partial charge in [-0.1, -0.05) is 43.8 Å². The van der Waals surface area contributed by atoms with Crippen LogP contribution in [-0.2, 0) is 13.1 Å². The maximum atomic E-state index is 14.2. The number of halogens is 2. The summed E-state index contributed by atoms with van der Waals surface area (Å²) in [6, 6.07) is 22.7. The third-order valence-electron chi connectivity index (χ3n) is 10.0. The van der Waals surface area contributed by atoms with Crippen LogP contribution in [0, 0.1) is 28.4 Å². The van der Waals surface area contributed by atoms with Gasteiger partial charge in [-0.15, -0.1) is 0 Å². The third-order valence-corrected chi connectivity index (χ3v) is 11.9. The van der Waals surface area contributed by atoms with Gasteiger partial charge < -0.3 is 26.2 Å². The van der Waals surface area contributed by atoms with Crippen LogP contribution in [0.2, 0.25) is 0 Å². The van der Waals surface area contributed by atoms with E-state index in [9.17, 15) is 8.78 Å². The molecule has 2 saturated heterocycles. The van der Waals surface area contributed by atoms with Gasteiger partial charge in [0.1, 0.15) is 40.6 Å². The molecule has 7 heterocycles. The SMILES string of the molecule is C.CN(C)/C=C(\C#N)N1CCSCC1.N=C(N)c1nn(Cc2ccccc2F)c2ncccc12.Nc1nc(-c2nn(Cc3ccccc3F)c3ncccc23)ncc1N1CCSCC1. The lowest BCUT2D eigenvalue weighted by Gasteiger charge is -2.28. The highest BCUT2D eigenvalue weighted by molar-refractivity contribution is 7.99. The molecule has 0 aliphatic carbocycles. The van der Waals surface area contributed by atoms with Crippen molar-refractivity contribution >= 4 is 62.9 Å². The minimum atomic E-state index is -0.295. The molecular formula is C45H51F2N15S2. The van der Waals surface area contributed by atoms with Crippen molar-refractivity contribution in [2.45, 2.75) is 20.5 Å². The second-order valence-electron chi connectivity index (χ2n) is 14.6. The number of nitriles is 1. The minimum absolute atomic E-state index is 0. The van der Waals surface area contributed by atoms with E-state index in [1.54, 1.807) is 76.5 Å². The summed E-state index contributed by atoms with van der Waals surface area (Å²) in [5.41, 5.74) is 16.7. The van der Waals surface area contributed by atoms with Crippen molar-refractivity contribution in [1.29, 1.82) is 10.7 Å². The number of aromatic nitrogens is 8. The Morgan fingerprint density at radius 1 is 0.797 bits per heavy atom. The van der Waals surface area contributed by atoms with Crippen LogP contribution >= 0.6 is 23.5 Å². The van der Waals surface area contributed by atoms with Crippen molar-refractivity contribution in [2.75, 3.05) is 73.9 Å². The van der Waals surface area contributed by atoms with Crippen molar-refractivity contribution in [3.05, 3.63) is 132 Å². The van der Waals surface area contributed by atoms with Gasteiger partial charge in [-0.2, -0.15) is 39.0 Å². The largest absolute Gasteiger partial charge is 0.382 e. The molecule has 5 aromatic heterocycles. The molecule has 332 valence electrons. The van der Waals surface area contributed by atoms with Gasteiger partial charge >= 0.3 is 0 Å². The highest BCUT2D eigenvalue weighted by atomic mass is 32.2. The Labute approximate surface area is 379 Å². The second kappa shape index (κ2) is 22.0. The third kappa shape index (κ3) is 11.2. The van der Waals surface area contributed by atoms with Crippen LogP contribution < -0.4 is 16.4 Å². The van der Waals surface area contributed by atoms with Crippen LogP contribution in [0.5, 0.6) is 0 Å². The van der Waals surface area contributed by atoms with E-state index in [1.807, 2.05) is 60.9 Å². The summed E-state index contributed by atoms with van der Waals surface area (Å²) in [5.74, 6) is 4.57. The molecule has 5 N–H and O–H groups in total. The zero-order valence-electron chi connectivity index (χ0n) is 34.9. The lowest BCUT2D eigenvalue weighted by Crippen LogP contribution is -2.33. The monoisotopic (exact) mass is 903 g/mol. The van der Waals surface area contributed by atoms with Gasteiger partial charge in [-0.25, -0.2) is 38.1 Å². The van der Waals surface area contributed by atoms with Crippen LogP contribution in [0.15, 0.2) is 103 Å². The summed E-state index contributed by atoms with van der Waals surface area (Å²) in [5, 5.41) is 26.9. The molecule has 0 bridgehead atoms. The zero-order valence-corrected chi connectivity index (χ0v) is 36.5. The van der Waals surface area contributed by atoms with E-state index in [0.717, 1.165) is 66.0 Å². The van der Waals surface area contributed by atoms with Crippen molar-refractivity contribution < 1.29 is 8.78 Å². The molecule has 0 unspecified atom stereocenters. The highest BCUT2D eigenvalue weighted by Crippen LogP contribution is 2.30. The maximum absolute atomic E-state index is 14.2. The number of hydrogen-bond acceptors (Lipinski definition) is 14. The number of nitrogens with zero attached hydrogens (tertiary/aromatic N) is 12. The number of amidine groups is 1. The summed E-state index contributed by atoms with van der Waals surface area (Å²) in [6.07, 6.45) is 6.98. The molecule has 0 amide bonds. The van der Waals surface area contributed by atoms with E-state index in [4.69, 9.17) is 22.1 Å². The van der Waals surface area contributed by atoms with Crippen molar-refractivity contribution in [3.63, 3.8) is 0 Å². The number of hydrogen-bond donors (Lipinski definition) is 3. The fraction of sp³-hybridized carbons (Fsp3) is 0.289. The molecule has 2 aliphatic heterocycles. The number of benzene rings is 2. The molecule has 2 aliphatic rings. The smallest absolute Gasteiger partial charge is 0.182 e. The van der Waals surface area contributed by atoms with Gasteiger partial charge in [0.15, 0.2) is 22.9 Å². The summed E-state index contributed by atoms with van der Waals surface area (Å²) in [6.45, 7) is 4.37. The number of anilines is 2. The van der Waals surface area contributed by atoms with Gasteiger partial charge in [0.05, 0.1) is 35.7 Å². The molecule has 0 radical (unpaired) electrons. The molecule has 9 rings (SSSR count). The van der Waals surface area contributed by atoms with E-state index in [0.29, 0.717) is 50.8 Å². The number of nitrogens with one attached hydrogen (secondary N) is 1. The van der Waals surface area contributed by atoms with Crippen LogP contribution in [0.1, 0.15) is 24.2 Å². The molecule has 15 nitrogen and oxygen atoms in total. The van der Waals surface area contributed by atoms with Crippen molar-refractivity contribution in [3.8, 4) is 17.6 Å². The fourth-order valence-corrected chi connectivity index (χ4v) is 8.77. The van der Waals surface area contributed by atoms with E-state index >= 15 is 0 Å². The average molecular weight is 904 g/mol. The topological polar surface area (TPSA) is 197 Å². The highest BCUT2D eigenvalue weighted by Gasteiger charge is 2.21. The van der Waals surface area contributed by atoms with E-state index < -0.39 is 0 Å². The first-order chi connectivity index (χ1) is 30.6. The van der Waals surface area contributed by atoms with E-state index in [1.165, 1.54) is 12.1 Å². The molecule has 19 heteroatoms. The summed E-state index contributed by atoms with van der Waals surface area (Å²) in [7, 11) is 3.88. The first-order valence-electron chi connectivity index (χ1n) is 20.1. The zero-order chi connectivity index (χ0) is 44.3. The van der Waals surface area contributed by atoms with Gasteiger partial charge in [0, 0.05) is 93.0 Å². The molecule has 0 spiro atoms. The standard InChI is InChI=1S/C21H20FN7S.C14H12FN5.C9H15N3S.CH4/c22-16-6-2-1-4-14(16)13-29-21-15(5-3-7-24-21)18(27-29)20-25-12-17(19(23)26-20)28-8-10-30-11-9-28;15-11-6-2-1-4-9(11)8-20-14-10(5-3-7-18-14)12(19-20)13(16)17;1-11(2)8-9(7-10)12-3-5-13-6-4-12;/h1-7,12H,8-11,13H2,(H2,23,25,26);1-7H,8H2,(H3,16,17);8H,3-6H2,1-2H3;1H4/b;;9-8+;. The fourth-order valence-electron chi connectivity index (χ4n) is 6.96. The van der Waals surface area contributed by atoms with Gasteiger partial charge in [0.2, 0.25) is 0 Å². The van der Waals surface area contributed by atoms with Crippen LogP contribution in [0.3, 0.4) is 0 Å². The molecule has 0 atom stereocenters. The normalized spacial score (nSPS) is 13.8. The maximum Gasteiger partial charge on any atom is 0.182 e. The van der Waals surface area contributed by atoms with Crippen LogP contribution in [0.4, 0.5) is 20.3 Å². The predicted octanol–water partition coefficient (Wildman–Crippen LogP) is 6.71. The quantitative estimate of drug-likeness (QED) is 0.0785. The number of allylic oxidation sites excluding steroid dienone is 1. The Bertz CT molecular complexity index is 2750. The Hall–Kier alpha value is -6.78. The van der Waals surface area contributed by atoms with E-state index in [-0.39, 0.29) is 38.0 Å². The predicted molar refractivity (Wildman–Crippen MR) is 255 cm³/mol. The molecule has 64 heavy (non-hydrogen) atoms. The van der Waals surface area contributed by atoms with Gasteiger partial charge in [-0.05, 0) is 36.4 Å². The summed E-state index contributed by atoms with van der Waals surface area (Å²) >= 11 is 3.89. The lowest BCUT2D eigenvalue weighted by atomic mass is 10.2. The van der Waals surface area contributed by atoms with Crippen LogP contribution in [0.25, 0.3) is 33.6 Å². The minimum Gasteiger partial charge on any atom is -0.382 e. The van der Waals surface area contributed by atoms with Crippen molar-refractivity contribution in [1.82, 2.24) is 49.3 Å². The Morgan fingerprint density at radius 2 is 1.34 bits per heavy atom. The molecule has 2 aromatic carbocycles. The number of fused-ring (bicyclic) bond motifs is 2. The molecule has 2 fully saturated rings. The number of nitrogen functional groups attached to an aromatic ring is 2. The Balaban J connectivity index is 0.000000173. The first-order valence-corrected chi connectivity index (χ1v) is 22.4. The first kappa shape index (κ1) is 46.7. The van der Waals surface area contributed by atoms with Gasteiger partial charge in [-0.3, -0.25) is 5.41 Å². The Kier molecular flexibility index (Phi) is 16.1. The molecule has 7 aromatic rings. The number of thioether (sulfide) groups is 2. The average Bonchev–Trinajstić information content (AvgIpc) is 3.86. The number of pyridine rings is 2. The number of rotatable bonds is 9. The summed E-state index contributed by atoms with van der Waals surface area (Å²) < 4.78 is 31.1. The molecular weight excluding hydrogens is 853 g/mol.